The molecule has 0 spiro atoms. The Morgan fingerprint density at radius 1 is 1.38 bits per heavy atom. The average molecular weight is 328 g/mol. The number of ether oxygens (including phenoxy) is 1. The summed E-state index contributed by atoms with van der Waals surface area (Å²) in [5.74, 6) is 0.426. The highest BCUT2D eigenvalue weighted by molar-refractivity contribution is 5.89. The SMILES string of the molecule is COC[C@H]1CCCN(C(=O)Nc2cnn(Cc3ccccc3)c2)C1. The van der Waals surface area contributed by atoms with Crippen LogP contribution in [0.1, 0.15) is 18.4 Å². The summed E-state index contributed by atoms with van der Waals surface area (Å²) in [6, 6.07) is 10.1. The zero-order valence-electron chi connectivity index (χ0n) is 14.0. The van der Waals surface area contributed by atoms with E-state index in [0.717, 1.165) is 31.6 Å². The molecule has 1 aromatic carbocycles. The molecule has 1 saturated heterocycles. The van der Waals surface area contributed by atoms with Gasteiger partial charge in [-0.05, 0) is 18.4 Å². The third-order valence-corrected chi connectivity index (χ3v) is 4.28. The van der Waals surface area contributed by atoms with Crippen LogP contribution >= 0.6 is 0 Å². The second kappa shape index (κ2) is 7.97. The van der Waals surface area contributed by atoms with Crippen molar-refractivity contribution in [2.75, 3.05) is 32.1 Å². The number of aromatic nitrogens is 2. The summed E-state index contributed by atoms with van der Waals surface area (Å²) < 4.78 is 7.04. The standard InChI is InChI=1S/C18H24N4O2/c1-24-14-16-8-5-9-21(11-16)18(23)20-17-10-19-22(13-17)12-15-6-3-2-4-7-15/h2-4,6-7,10,13,16H,5,8-9,11-12,14H2,1H3,(H,20,23)/t16-/m0/s1. The summed E-state index contributed by atoms with van der Waals surface area (Å²) in [4.78, 5) is 14.3. The van der Waals surface area contributed by atoms with Crippen LogP contribution in [0.4, 0.5) is 10.5 Å². The number of carbonyl (C=O) groups excluding carboxylic acids is 1. The summed E-state index contributed by atoms with van der Waals surface area (Å²) in [6.45, 7) is 2.94. The third kappa shape index (κ3) is 4.35. The molecule has 0 aliphatic carbocycles. The van der Waals surface area contributed by atoms with E-state index in [1.807, 2.05) is 34.0 Å². The number of methoxy groups -OCH3 is 1. The van der Waals surface area contributed by atoms with Gasteiger partial charge in [0.05, 0.1) is 25.0 Å². The fourth-order valence-electron chi connectivity index (χ4n) is 3.11. The van der Waals surface area contributed by atoms with Crippen molar-refractivity contribution in [1.29, 1.82) is 0 Å². The smallest absolute Gasteiger partial charge is 0.321 e. The third-order valence-electron chi connectivity index (χ3n) is 4.28. The maximum atomic E-state index is 12.4. The number of amides is 2. The first-order valence-electron chi connectivity index (χ1n) is 8.36. The molecule has 2 aromatic rings. The van der Waals surface area contributed by atoms with Crippen molar-refractivity contribution in [2.24, 2.45) is 5.92 Å². The Hall–Kier alpha value is -2.34. The van der Waals surface area contributed by atoms with Crippen LogP contribution in [-0.4, -0.2) is 47.5 Å². The zero-order chi connectivity index (χ0) is 16.8. The van der Waals surface area contributed by atoms with E-state index < -0.39 is 0 Å². The summed E-state index contributed by atoms with van der Waals surface area (Å²) in [7, 11) is 1.71. The number of rotatable bonds is 5. The lowest BCUT2D eigenvalue weighted by molar-refractivity contribution is 0.104. The molecule has 0 saturated carbocycles. The molecule has 1 fully saturated rings. The molecule has 1 aliphatic heterocycles. The van der Waals surface area contributed by atoms with Crippen LogP contribution < -0.4 is 5.32 Å². The molecular formula is C18H24N4O2. The van der Waals surface area contributed by atoms with Gasteiger partial charge in [0, 0.05) is 32.3 Å². The number of anilines is 1. The highest BCUT2D eigenvalue weighted by Gasteiger charge is 2.23. The lowest BCUT2D eigenvalue weighted by atomic mass is 9.99. The van der Waals surface area contributed by atoms with Gasteiger partial charge in [0.1, 0.15) is 0 Å². The maximum Gasteiger partial charge on any atom is 0.321 e. The largest absolute Gasteiger partial charge is 0.384 e. The van der Waals surface area contributed by atoms with Gasteiger partial charge in [-0.2, -0.15) is 5.10 Å². The lowest BCUT2D eigenvalue weighted by Crippen LogP contribution is -2.43. The van der Waals surface area contributed by atoms with Crippen LogP contribution in [0.15, 0.2) is 42.7 Å². The van der Waals surface area contributed by atoms with Crippen LogP contribution in [0.3, 0.4) is 0 Å². The zero-order valence-corrected chi connectivity index (χ0v) is 14.0. The van der Waals surface area contributed by atoms with Gasteiger partial charge in [0.15, 0.2) is 0 Å². The summed E-state index contributed by atoms with van der Waals surface area (Å²) >= 11 is 0. The van der Waals surface area contributed by atoms with Crippen LogP contribution in [0.2, 0.25) is 0 Å². The molecule has 1 aromatic heterocycles. The van der Waals surface area contributed by atoms with Crippen molar-refractivity contribution in [3.05, 3.63) is 48.3 Å². The number of carbonyl (C=O) groups is 1. The first-order chi connectivity index (χ1) is 11.7. The summed E-state index contributed by atoms with van der Waals surface area (Å²) in [6.07, 6.45) is 5.69. The lowest BCUT2D eigenvalue weighted by Gasteiger charge is -2.32. The molecule has 6 nitrogen and oxygen atoms in total. The minimum atomic E-state index is -0.0601. The Morgan fingerprint density at radius 3 is 3.00 bits per heavy atom. The summed E-state index contributed by atoms with van der Waals surface area (Å²) in [5, 5.41) is 7.26. The molecule has 2 amide bonds. The van der Waals surface area contributed by atoms with E-state index in [9.17, 15) is 4.79 Å². The van der Waals surface area contributed by atoms with Gasteiger partial charge in [-0.1, -0.05) is 30.3 Å². The molecule has 24 heavy (non-hydrogen) atoms. The van der Waals surface area contributed by atoms with Gasteiger partial charge in [0.25, 0.3) is 0 Å². The fourth-order valence-corrected chi connectivity index (χ4v) is 3.11. The topological polar surface area (TPSA) is 59.4 Å². The van der Waals surface area contributed by atoms with Gasteiger partial charge in [-0.15, -0.1) is 0 Å². The Bertz CT molecular complexity index is 654. The second-order valence-corrected chi connectivity index (χ2v) is 6.25. The number of hydrogen-bond donors (Lipinski definition) is 1. The molecule has 2 heterocycles. The highest BCUT2D eigenvalue weighted by Crippen LogP contribution is 2.18. The molecule has 3 rings (SSSR count). The van der Waals surface area contributed by atoms with E-state index in [1.165, 1.54) is 5.56 Å². The first kappa shape index (κ1) is 16.5. The predicted molar refractivity (Wildman–Crippen MR) is 93.0 cm³/mol. The molecule has 6 heteroatoms. The van der Waals surface area contributed by atoms with E-state index in [2.05, 4.69) is 22.5 Å². The van der Waals surface area contributed by atoms with Gasteiger partial charge in [-0.25, -0.2) is 4.79 Å². The van der Waals surface area contributed by atoms with E-state index in [0.29, 0.717) is 19.1 Å². The van der Waals surface area contributed by atoms with Gasteiger partial charge in [-0.3, -0.25) is 4.68 Å². The average Bonchev–Trinajstić information content (AvgIpc) is 3.03. The molecule has 0 radical (unpaired) electrons. The number of hydrogen-bond acceptors (Lipinski definition) is 3. The van der Waals surface area contributed by atoms with Crippen molar-refractivity contribution in [3.8, 4) is 0 Å². The number of piperidine rings is 1. The minimum Gasteiger partial charge on any atom is -0.384 e. The molecular weight excluding hydrogens is 304 g/mol. The van der Waals surface area contributed by atoms with Crippen molar-refractivity contribution < 1.29 is 9.53 Å². The maximum absolute atomic E-state index is 12.4. The first-order valence-corrected chi connectivity index (χ1v) is 8.36. The predicted octanol–water partition coefficient (Wildman–Crippen LogP) is 2.82. The number of likely N-dealkylation sites (tertiary alicyclic amines) is 1. The minimum absolute atomic E-state index is 0.0601. The second-order valence-electron chi connectivity index (χ2n) is 6.25. The van der Waals surface area contributed by atoms with Crippen LogP contribution in [0.5, 0.6) is 0 Å². The van der Waals surface area contributed by atoms with E-state index >= 15 is 0 Å². The quantitative estimate of drug-likeness (QED) is 0.918. The Balaban J connectivity index is 1.55. The van der Waals surface area contributed by atoms with Crippen LogP contribution in [0.25, 0.3) is 0 Å². The number of nitrogens with one attached hydrogen (secondary N) is 1. The van der Waals surface area contributed by atoms with E-state index in [1.54, 1.807) is 13.3 Å². The number of urea groups is 1. The van der Waals surface area contributed by atoms with E-state index in [4.69, 9.17) is 4.74 Å². The van der Waals surface area contributed by atoms with Crippen LogP contribution in [0, 0.1) is 5.92 Å². The molecule has 1 aliphatic rings. The normalized spacial score (nSPS) is 17.7. The molecule has 0 bridgehead atoms. The molecule has 0 unspecified atom stereocenters. The van der Waals surface area contributed by atoms with Crippen LogP contribution in [-0.2, 0) is 11.3 Å². The Morgan fingerprint density at radius 2 is 2.21 bits per heavy atom. The molecule has 1 atom stereocenters. The Kier molecular flexibility index (Phi) is 5.48. The monoisotopic (exact) mass is 328 g/mol. The number of nitrogens with zero attached hydrogens (tertiary/aromatic N) is 3. The Labute approximate surface area is 142 Å². The molecule has 1 N–H and O–H groups in total. The van der Waals surface area contributed by atoms with Crippen molar-refractivity contribution in [2.45, 2.75) is 19.4 Å². The molecule has 128 valence electrons. The van der Waals surface area contributed by atoms with Gasteiger partial charge in [0.2, 0.25) is 0 Å². The highest BCUT2D eigenvalue weighted by atomic mass is 16.5. The fraction of sp³-hybridized carbons (Fsp3) is 0.444. The van der Waals surface area contributed by atoms with Gasteiger partial charge < -0.3 is 15.0 Å². The van der Waals surface area contributed by atoms with Crippen molar-refractivity contribution in [3.63, 3.8) is 0 Å². The van der Waals surface area contributed by atoms with Gasteiger partial charge >= 0.3 is 6.03 Å². The summed E-state index contributed by atoms with van der Waals surface area (Å²) in [5.41, 5.74) is 1.90. The number of benzene rings is 1. The van der Waals surface area contributed by atoms with E-state index in [-0.39, 0.29) is 6.03 Å². The van der Waals surface area contributed by atoms with Crippen molar-refractivity contribution >= 4 is 11.7 Å². The van der Waals surface area contributed by atoms with Crippen molar-refractivity contribution in [1.82, 2.24) is 14.7 Å².